The fraction of sp³-hybridized carbons (Fsp3) is 0.538. The van der Waals surface area contributed by atoms with Crippen LogP contribution in [0.4, 0.5) is 0 Å². The van der Waals surface area contributed by atoms with E-state index in [1.54, 1.807) is 6.07 Å². The van der Waals surface area contributed by atoms with Crippen LogP contribution in [0.25, 0.3) is 0 Å². The molecule has 2 aliphatic heterocycles. The first-order chi connectivity index (χ1) is 9.25. The van der Waals surface area contributed by atoms with Crippen LogP contribution in [0.5, 0.6) is 17.2 Å². The second kappa shape index (κ2) is 5.56. The molecule has 0 amide bonds. The van der Waals surface area contributed by atoms with Gasteiger partial charge in [0.25, 0.3) is 0 Å². The number of nitrogens with one attached hydrogen (secondary N) is 1. The predicted octanol–water partition coefficient (Wildman–Crippen LogP) is 1.33. The molecule has 1 aromatic carbocycles. The maximum atomic E-state index is 10.2. The first-order valence-corrected chi connectivity index (χ1v) is 7.28. The van der Waals surface area contributed by atoms with Crippen LogP contribution in [0.3, 0.4) is 0 Å². The number of benzene rings is 1. The summed E-state index contributed by atoms with van der Waals surface area (Å²) in [6, 6.07) is 1.76. The zero-order chi connectivity index (χ0) is 13.2. The Labute approximate surface area is 120 Å². The first-order valence-electron chi connectivity index (χ1n) is 6.48. The summed E-state index contributed by atoms with van der Waals surface area (Å²) in [4.78, 5) is 2.39. The smallest absolute Gasteiger partial charge is 0.231 e. The molecule has 0 bridgehead atoms. The van der Waals surface area contributed by atoms with E-state index < -0.39 is 0 Å². The van der Waals surface area contributed by atoms with Crippen LogP contribution in [0.15, 0.2) is 10.5 Å². The minimum Gasteiger partial charge on any atom is -0.506 e. The first kappa shape index (κ1) is 13.0. The van der Waals surface area contributed by atoms with Gasteiger partial charge in [-0.1, -0.05) is 0 Å². The lowest BCUT2D eigenvalue weighted by Gasteiger charge is -2.27. The number of hydrogen-bond acceptors (Lipinski definition) is 5. The number of phenols is 1. The van der Waals surface area contributed by atoms with Gasteiger partial charge in [-0.3, -0.25) is 0 Å². The molecule has 2 aliphatic rings. The van der Waals surface area contributed by atoms with Gasteiger partial charge in [-0.05, 0) is 22.4 Å². The standard InChI is InChI=1S/C13H17BrN2O3/c14-10-7-11-13(19-8-18-11)9(12(10)17)1-4-16-5-2-15-3-6-16/h7,15,17H,1-6,8H2. The van der Waals surface area contributed by atoms with Gasteiger partial charge in [-0.2, -0.15) is 0 Å². The zero-order valence-corrected chi connectivity index (χ0v) is 12.2. The number of piperazine rings is 1. The number of nitrogens with zero attached hydrogens (tertiary/aromatic N) is 1. The summed E-state index contributed by atoms with van der Waals surface area (Å²) in [5.41, 5.74) is 0.834. The van der Waals surface area contributed by atoms with Gasteiger partial charge in [0.2, 0.25) is 6.79 Å². The molecule has 3 rings (SSSR count). The van der Waals surface area contributed by atoms with Gasteiger partial charge in [0.15, 0.2) is 11.5 Å². The van der Waals surface area contributed by atoms with Crippen LogP contribution in [0.2, 0.25) is 0 Å². The van der Waals surface area contributed by atoms with Crippen LogP contribution >= 0.6 is 15.9 Å². The number of rotatable bonds is 3. The van der Waals surface area contributed by atoms with Gasteiger partial charge in [0.1, 0.15) is 5.75 Å². The van der Waals surface area contributed by atoms with Gasteiger partial charge < -0.3 is 24.8 Å². The summed E-state index contributed by atoms with van der Waals surface area (Å²) in [7, 11) is 0. The molecule has 0 aliphatic carbocycles. The summed E-state index contributed by atoms with van der Waals surface area (Å²) < 4.78 is 11.5. The molecule has 1 saturated heterocycles. The predicted molar refractivity (Wildman–Crippen MR) is 74.9 cm³/mol. The van der Waals surface area contributed by atoms with Crippen LogP contribution in [-0.2, 0) is 6.42 Å². The van der Waals surface area contributed by atoms with Crippen molar-refractivity contribution < 1.29 is 14.6 Å². The molecule has 1 aromatic rings. The second-order valence-electron chi connectivity index (χ2n) is 4.76. The highest BCUT2D eigenvalue weighted by atomic mass is 79.9. The maximum Gasteiger partial charge on any atom is 0.231 e. The normalized spacial score (nSPS) is 18.8. The number of fused-ring (bicyclic) bond motifs is 1. The van der Waals surface area contributed by atoms with Crippen molar-refractivity contribution in [2.45, 2.75) is 6.42 Å². The summed E-state index contributed by atoms with van der Waals surface area (Å²) in [6.45, 7) is 5.31. The Kier molecular flexibility index (Phi) is 3.81. The molecule has 6 heteroatoms. The maximum absolute atomic E-state index is 10.2. The molecule has 0 atom stereocenters. The van der Waals surface area contributed by atoms with Crippen molar-refractivity contribution in [1.29, 1.82) is 0 Å². The average molecular weight is 329 g/mol. The molecule has 0 radical (unpaired) electrons. The van der Waals surface area contributed by atoms with E-state index in [1.165, 1.54) is 0 Å². The largest absolute Gasteiger partial charge is 0.506 e. The third-order valence-corrected chi connectivity index (χ3v) is 4.18. The van der Waals surface area contributed by atoms with Crippen LogP contribution in [0.1, 0.15) is 5.56 Å². The van der Waals surface area contributed by atoms with E-state index in [4.69, 9.17) is 9.47 Å². The highest BCUT2D eigenvalue weighted by molar-refractivity contribution is 9.10. The molecule has 0 unspecified atom stereocenters. The Morgan fingerprint density at radius 1 is 1.32 bits per heavy atom. The van der Waals surface area contributed by atoms with E-state index in [-0.39, 0.29) is 12.5 Å². The summed E-state index contributed by atoms with van der Waals surface area (Å²) in [6.07, 6.45) is 0.761. The molecular weight excluding hydrogens is 312 g/mol. The van der Waals surface area contributed by atoms with Crippen molar-refractivity contribution in [2.75, 3.05) is 39.5 Å². The quantitative estimate of drug-likeness (QED) is 0.876. The highest BCUT2D eigenvalue weighted by Crippen LogP contribution is 2.45. The molecule has 0 saturated carbocycles. The molecular formula is C13H17BrN2O3. The Morgan fingerprint density at radius 3 is 2.89 bits per heavy atom. The van der Waals surface area contributed by atoms with Crippen LogP contribution < -0.4 is 14.8 Å². The average Bonchev–Trinajstić information content (AvgIpc) is 2.88. The molecule has 104 valence electrons. The number of halogens is 1. The van der Waals surface area contributed by atoms with E-state index >= 15 is 0 Å². The fourth-order valence-corrected chi connectivity index (χ4v) is 2.95. The minimum atomic E-state index is 0.228. The molecule has 2 N–H and O–H groups in total. The van der Waals surface area contributed by atoms with E-state index in [0.29, 0.717) is 16.0 Å². The van der Waals surface area contributed by atoms with Crippen molar-refractivity contribution in [2.24, 2.45) is 0 Å². The number of phenolic OH excluding ortho intramolecular Hbond substituents is 1. The van der Waals surface area contributed by atoms with Crippen LogP contribution in [-0.4, -0.2) is 49.5 Å². The molecule has 5 nitrogen and oxygen atoms in total. The third-order valence-electron chi connectivity index (χ3n) is 3.57. The van der Waals surface area contributed by atoms with Crippen molar-refractivity contribution >= 4 is 15.9 Å². The third kappa shape index (κ3) is 2.66. The number of aromatic hydroxyl groups is 1. The van der Waals surface area contributed by atoms with Crippen molar-refractivity contribution in [3.05, 3.63) is 16.1 Å². The van der Waals surface area contributed by atoms with Gasteiger partial charge >= 0.3 is 0 Å². The Bertz CT molecular complexity index is 475. The summed E-state index contributed by atoms with van der Waals surface area (Å²) >= 11 is 3.36. The van der Waals surface area contributed by atoms with Crippen molar-refractivity contribution in [3.8, 4) is 17.2 Å². The second-order valence-corrected chi connectivity index (χ2v) is 5.62. The van der Waals surface area contributed by atoms with Crippen molar-refractivity contribution in [1.82, 2.24) is 10.2 Å². The van der Waals surface area contributed by atoms with Gasteiger partial charge in [0, 0.05) is 44.4 Å². The molecule has 0 aromatic heterocycles. The van der Waals surface area contributed by atoms with Gasteiger partial charge in [-0.15, -0.1) is 0 Å². The fourth-order valence-electron chi connectivity index (χ4n) is 2.50. The van der Waals surface area contributed by atoms with E-state index in [9.17, 15) is 5.11 Å². The lowest BCUT2D eigenvalue weighted by Crippen LogP contribution is -2.44. The van der Waals surface area contributed by atoms with Gasteiger partial charge in [-0.25, -0.2) is 0 Å². The number of hydrogen-bond donors (Lipinski definition) is 2. The minimum absolute atomic E-state index is 0.228. The highest BCUT2D eigenvalue weighted by Gasteiger charge is 2.24. The molecule has 19 heavy (non-hydrogen) atoms. The zero-order valence-electron chi connectivity index (χ0n) is 10.6. The molecule has 0 spiro atoms. The SMILES string of the molecule is Oc1c(Br)cc2c(c1CCN1CCNCC1)OCO2. The van der Waals surface area contributed by atoms with Gasteiger partial charge in [0.05, 0.1) is 4.47 Å². The van der Waals surface area contributed by atoms with Crippen molar-refractivity contribution in [3.63, 3.8) is 0 Å². The summed E-state index contributed by atoms with van der Waals surface area (Å²) in [5, 5.41) is 13.5. The van der Waals surface area contributed by atoms with Crippen LogP contribution in [0, 0.1) is 0 Å². The summed E-state index contributed by atoms with van der Waals surface area (Å²) in [5.74, 6) is 1.66. The molecule has 2 heterocycles. The van der Waals surface area contributed by atoms with E-state index in [2.05, 4.69) is 26.1 Å². The Hall–Kier alpha value is -0.980. The lowest BCUT2D eigenvalue weighted by molar-refractivity contribution is 0.172. The van der Waals surface area contributed by atoms with E-state index in [1.807, 2.05) is 0 Å². The lowest BCUT2D eigenvalue weighted by atomic mass is 10.1. The molecule has 1 fully saturated rings. The topological polar surface area (TPSA) is 54.0 Å². The van der Waals surface area contributed by atoms with E-state index in [0.717, 1.165) is 44.7 Å². The monoisotopic (exact) mass is 328 g/mol. The Morgan fingerprint density at radius 2 is 2.11 bits per heavy atom. The number of ether oxygens (including phenoxy) is 2. The Balaban J connectivity index is 1.76.